The van der Waals surface area contributed by atoms with Gasteiger partial charge >= 0.3 is 0 Å². The van der Waals surface area contributed by atoms with Gasteiger partial charge in [0.2, 0.25) is 5.91 Å². The Morgan fingerprint density at radius 1 is 1.08 bits per heavy atom. The molecule has 1 aliphatic carbocycles. The molecule has 1 saturated carbocycles. The van der Waals surface area contributed by atoms with Crippen molar-refractivity contribution in [2.24, 2.45) is 5.92 Å². The number of aryl methyl sites for hydroxylation is 1. The first-order chi connectivity index (χ1) is 12.7. The van der Waals surface area contributed by atoms with Crippen LogP contribution in [-0.4, -0.2) is 10.9 Å². The van der Waals surface area contributed by atoms with Gasteiger partial charge in [-0.25, -0.2) is 0 Å². The zero-order valence-corrected chi connectivity index (χ0v) is 15.2. The molecule has 1 aromatic heterocycles. The number of amides is 1. The number of carbonyl (C=O) groups is 1. The van der Waals surface area contributed by atoms with Crippen molar-refractivity contribution < 1.29 is 4.79 Å². The second-order valence-corrected chi connectivity index (χ2v) is 7.22. The number of benzene rings is 2. The summed E-state index contributed by atoms with van der Waals surface area (Å²) in [6.45, 7) is 2.70. The van der Waals surface area contributed by atoms with Crippen molar-refractivity contribution in [3.05, 3.63) is 65.9 Å². The molecule has 1 heterocycles. The number of rotatable bonds is 4. The Morgan fingerprint density at radius 3 is 2.69 bits per heavy atom. The van der Waals surface area contributed by atoms with Gasteiger partial charge in [0.15, 0.2) is 0 Å². The first-order valence-corrected chi connectivity index (χ1v) is 9.44. The number of hydrogen-bond acceptors (Lipinski definition) is 2. The van der Waals surface area contributed by atoms with Gasteiger partial charge in [0.05, 0.1) is 5.52 Å². The molecule has 1 amide bonds. The molecule has 2 aromatic carbocycles. The fourth-order valence-corrected chi connectivity index (χ4v) is 3.94. The minimum absolute atomic E-state index is 0.198. The predicted molar refractivity (Wildman–Crippen MR) is 106 cm³/mol. The van der Waals surface area contributed by atoms with Gasteiger partial charge in [-0.1, -0.05) is 49.2 Å². The third kappa shape index (κ3) is 3.34. The van der Waals surface area contributed by atoms with Crippen molar-refractivity contribution in [2.45, 2.75) is 39.2 Å². The number of nitrogens with zero attached hydrogens (tertiary/aromatic N) is 1. The van der Waals surface area contributed by atoms with Gasteiger partial charge in [-0.2, -0.15) is 0 Å². The first kappa shape index (κ1) is 16.8. The Kier molecular flexibility index (Phi) is 4.70. The monoisotopic (exact) mass is 344 g/mol. The van der Waals surface area contributed by atoms with Crippen LogP contribution in [-0.2, 0) is 11.3 Å². The fraction of sp³-hybridized carbons (Fsp3) is 0.304. The number of carbonyl (C=O) groups excluding carboxylic acids is 1. The number of pyridine rings is 1. The molecule has 0 atom stereocenters. The average Bonchev–Trinajstić information content (AvgIpc) is 3.21. The Hall–Kier alpha value is -2.68. The SMILES string of the molecule is Cc1ccccc1-c1ccnc2cc(CNC(=O)C3CCCC3)ccc12. The van der Waals surface area contributed by atoms with Crippen LogP contribution < -0.4 is 5.32 Å². The number of nitrogens with one attached hydrogen (secondary N) is 1. The molecular weight excluding hydrogens is 320 g/mol. The highest BCUT2D eigenvalue weighted by atomic mass is 16.1. The van der Waals surface area contributed by atoms with E-state index >= 15 is 0 Å². The highest BCUT2D eigenvalue weighted by Crippen LogP contribution is 2.30. The Morgan fingerprint density at radius 2 is 1.88 bits per heavy atom. The van der Waals surface area contributed by atoms with Crippen molar-refractivity contribution in [2.75, 3.05) is 0 Å². The lowest BCUT2D eigenvalue weighted by molar-refractivity contribution is -0.124. The third-order valence-corrected chi connectivity index (χ3v) is 5.44. The minimum Gasteiger partial charge on any atom is -0.352 e. The molecule has 1 fully saturated rings. The molecule has 3 aromatic rings. The summed E-state index contributed by atoms with van der Waals surface area (Å²) in [5.74, 6) is 0.408. The summed E-state index contributed by atoms with van der Waals surface area (Å²) in [4.78, 5) is 16.8. The van der Waals surface area contributed by atoms with Crippen LogP contribution in [0.4, 0.5) is 0 Å². The van der Waals surface area contributed by atoms with Crippen molar-refractivity contribution in [1.82, 2.24) is 10.3 Å². The van der Waals surface area contributed by atoms with Crippen LogP contribution in [0.2, 0.25) is 0 Å². The smallest absolute Gasteiger partial charge is 0.223 e. The topological polar surface area (TPSA) is 42.0 Å². The van der Waals surface area contributed by atoms with E-state index in [0.717, 1.165) is 29.3 Å². The Bertz CT molecular complexity index is 942. The van der Waals surface area contributed by atoms with E-state index < -0.39 is 0 Å². The minimum atomic E-state index is 0.198. The third-order valence-electron chi connectivity index (χ3n) is 5.44. The van der Waals surface area contributed by atoms with E-state index in [1.165, 1.54) is 29.5 Å². The van der Waals surface area contributed by atoms with Crippen molar-refractivity contribution in [3.8, 4) is 11.1 Å². The van der Waals surface area contributed by atoms with E-state index in [9.17, 15) is 4.79 Å². The molecule has 3 nitrogen and oxygen atoms in total. The van der Waals surface area contributed by atoms with E-state index in [-0.39, 0.29) is 11.8 Å². The van der Waals surface area contributed by atoms with Crippen LogP contribution in [0.15, 0.2) is 54.7 Å². The normalized spacial score (nSPS) is 14.7. The van der Waals surface area contributed by atoms with E-state index in [1.54, 1.807) is 0 Å². The van der Waals surface area contributed by atoms with Crippen LogP contribution in [0.3, 0.4) is 0 Å². The van der Waals surface area contributed by atoms with Crippen LogP contribution in [0.25, 0.3) is 22.0 Å². The summed E-state index contributed by atoms with van der Waals surface area (Å²) in [5, 5.41) is 4.24. The van der Waals surface area contributed by atoms with Crippen LogP contribution in [0.5, 0.6) is 0 Å². The zero-order valence-electron chi connectivity index (χ0n) is 15.2. The van der Waals surface area contributed by atoms with Crippen molar-refractivity contribution >= 4 is 16.8 Å². The van der Waals surface area contributed by atoms with Crippen LogP contribution in [0, 0.1) is 12.8 Å². The molecule has 0 spiro atoms. The average molecular weight is 344 g/mol. The maximum absolute atomic E-state index is 12.2. The van der Waals surface area contributed by atoms with Gasteiger partial charge in [0, 0.05) is 24.0 Å². The lowest BCUT2D eigenvalue weighted by atomic mass is 9.97. The second kappa shape index (κ2) is 7.28. The summed E-state index contributed by atoms with van der Waals surface area (Å²) in [6, 6.07) is 16.8. The van der Waals surface area contributed by atoms with E-state index in [0.29, 0.717) is 6.54 Å². The molecule has 1 N–H and O–H groups in total. The lowest BCUT2D eigenvalue weighted by Gasteiger charge is -2.12. The maximum atomic E-state index is 12.2. The standard InChI is InChI=1S/C23H24N2O/c1-16-6-2-5-9-19(16)20-12-13-24-22-14-17(10-11-21(20)22)15-25-23(26)18-7-3-4-8-18/h2,5-6,9-14,18H,3-4,7-8,15H2,1H3,(H,25,26). The molecule has 0 aliphatic heterocycles. The molecule has 0 unspecified atom stereocenters. The number of aromatic nitrogens is 1. The molecule has 1 aliphatic rings. The van der Waals surface area contributed by atoms with E-state index in [4.69, 9.17) is 0 Å². The van der Waals surface area contributed by atoms with Crippen LogP contribution >= 0.6 is 0 Å². The summed E-state index contributed by atoms with van der Waals surface area (Å²) in [6.07, 6.45) is 6.29. The fourth-order valence-electron chi connectivity index (χ4n) is 3.94. The molecule has 4 rings (SSSR count). The van der Waals surface area contributed by atoms with Crippen molar-refractivity contribution in [1.29, 1.82) is 0 Å². The second-order valence-electron chi connectivity index (χ2n) is 7.22. The quantitative estimate of drug-likeness (QED) is 0.722. The predicted octanol–water partition coefficient (Wildman–Crippen LogP) is 5.02. The van der Waals surface area contributed by atoms with E-state index in [2.05, 4.69) is 65.8 Å². The number of hydrogen-bond donors (Lipinski definition) is 1. The highest BCUT2D eigenvalue weighted by Gasteiger charge is 2.22. The molecular formula is C23H24N2O. The maximum Gasteiger partial charge on any atom is 0.223 e. The van der Waals surface area contributed by atoms with Gasteiger partial charge in [-0.15, -0.1) is 0 Å². The molecule has 0 saturated heterocycles. The largest absolute Gasteiger partial charge is 0.352 e. The molecule has 0 bridgehead atoms. The molecule has 3 heteroatoms. The lowest BCUT2D eigenvalue weighted by Crippen LogP contribution is -2.28. The Labute approximate surface area is 154 Å². The number of fused-ring (bicyclic) bond motifs is 1. The summed E-state index contributed by atoms with van der Waals surface area (Å²) >= 11 is 0. The first-order valence-electron chi connectivity index (χ1n) is 9.44. The van der Waals surface area contributed by atoms with Gasteiger partial charge in [0.1, 0.15) is 0 Å². The van der Waals surface area contributed by atoms with Gasteiger partial charge in [0.25, 0.3) is 0 Å². The van der Waals surface area contributed by atoms with Gasteiger partial charge in [-0.05, 0) is 54.2 Å². The molecule has 26 heavy (non-hydrogen) atoms. The molecule has 132 valence electrons. The summed E-state index contributed by atoms with van der Waals surface area (Å²) < 4.78 is 0. The summed E-state index contributed by atoms with van der Waals surface area (Å²) in [5.41, 5.74) is 5.77. The Balaban J connectivity index is 1.58. The van der Waals surface area contributed by atoms with Gasteiger partial charge in [-0.3, -0.25) is 9.78 Å². The molecule has 0 radical (unpaired) electrons. The van der Waals surface area contributed by atoms with Crippen LogP contribution in [0.1, 0.15) is 36.8 Å². The highest BCUT2D eigenvalue weighted by molar-refractivity contribution is 5.95. The van der Waals surface area contributed by atoms with Gasteiger partial charge < -0.3 is 5.32 Å². The van der Waals surface area contributed by atoms with Crippen molar-refractivity contribution in [3.63, 3.8) is 0 Å². The summed E-state index contributed by atoms with van der Waals surface area (Å²) in [7, 11) is 0. The van der Waals surface area contributed by atoms with E-state index in [1.807, 2.05) is 6.20 Å². The zero-order chi connectivity index (χ0) is 17.9.